The van der Waals surface area contributed by atoms with Crippen LogP contribution in [0.5, 0.6) is 0 Å². The number of hydrogen-bond acceptors (Lipinski definition) is 3. The third-order valence-electron chi connectivity index (χ3n) is 2.87. The van der Waals surface area contributed by atoms with Crippen LogP contribution < -0.4 is 0 Å². The molecule has 0 saturated heterocycles. The second-order valence-electron chi connectivity index (χ2n) is 3.82. The Labute approximate surface area is 85.1 Å². The minimum Gasteiger partial charge on any atom is -0.461 e. The zero-order chi connectivity index (χ0) is 10.4. The van der Waals surface area contributed by atoms with E-state index in [2.05, 4.69) is 6.92 Å². The highest BCUT2D eigenvalue weighted by Gasteiger charge is 2.26. The van der Waals surface area contributed by atoms with E-state index >= 15 is 0 Å². The fraction of sp³-hybridized carbons (Fsp3) is 0.818. The van der Waals surface area contributed by atoms with Gasteiger partial charge >= 0.3 is 5.97 Å². The summed E-state index contributed by atoms with van der Waals surface area (Å²) in [6, 6.07) is 1.82. The summed E-state index contributed by atoms with van der Waals surface area (Å²) in [6.07, 6.45) is 5.51. The largest absolute Gasteiger partial charge is 0.461 e. The van der Waals surface area contributed by atoms with Crippen molar-refractivity contribution in [3.05, 3.63) is 0 Å². The third-order valence-corrected chi connectivity index (χ3v) is 2.87. The molecule has 3 nitrogen and oxygen atoms in total. The molecule has 2 atom stereocenters. The molecule has 0 radical (unpaired) electrons. The molecule has 1 fully saturated rings. The molecule has 0 aromatic rings. The molecule has 0 bridgehead atoms. The summed E-state index contributed by atoms with van der Waals surface area (Å²) in [7, 11) is 0. The van der Waals surface area contributed by atoms with Gasteiger partial charge in [0.1, 0.15) is 12.5 Å². The SMILES string of the molecule is CCC1CCCCC1OC(=O)CC#N. The van der Waals surface area contributed by atoms with Gasteiger partial charge in [0.25, 0.3) is 0 Å². The van der Waals surface area contributed by atoms with Crippen molar-refractivity contribution in [2.24, 2.45) is 5.92 Å². The van der Waals surface area contributed by atoms with E-state index in [1.165, 1.54) is 6.42 Å². The average molecular weight is 195 g/mol. The van der Waals surface area contributed by atoms with Gasteiger partial charge in [0, 0.05) is 0 Å². The summed E-state index contributed by atoms with van der Waals surface area (Å²) in [5.74, 6) is 0.143. The summed E-state index contributed by atoms with van der Waals surface area (Å²) in [6.45, 7) is 2.13. The zero-order valence-corrected chi connectivity index (χ0v) is 8.66. The monoisotopic (exact) mass is 195 g/mol. The quantitative estimate of drug-likeness (QED) is 0.650. The van der Waals surface area contributed by atoms with Crippen molar-refractivity contribution in [1.29, 1.82) is 5.26 Å². The van der Waals surface area contributed by atoms with E-state index in [0.29, 0.717) is 5.92 Å². The average Bonchev–Trinajstić information content (AvgIpc) is 2.19. The van der Waals surface area contributed by atoms with Gasteiger partial charge in [-0.05, 0) is 31.6 Å². The maximum absolute atomic E-state index is 11.1. The fourth-order valence-electron chi connectivity index (χ4n) is 2.07. The highest BCUT2D eigenvalue weighted by molar-refractivity contribution is 5.71. The van der Waals surface area contributed by atoms with Gasteiger partial charge in [-0.15, -0.1) is 0 Å². The number of rotatable bonds is 3. The number of esters is 1. The summed E-state index contributed by atoms with van der Waals surface area (Å²) in [4.78, 5) is 11.1. The molecule has 0 spiro atoms. The molecule has 14 heavy (non-hydrogen) atoms. The molecule has 3 heteroatoms. The Morgan fingerprint density at radius 1 is 1.50 bits per heavy atom. The molecule has 78 valence electrons. The fourth-order valence-corrected chi connectivity index (χ4v) is 2.07. The van der Waals surface area contributed by atoms with Gasteiger partial charge in [0.2, 0.25) is 0 Å². The summed E-state index contributed by atoms with van der Waals surface area (Å²) < 4.78 is 5.27. The minimum absolute atomic E-state index is 0.0644. The standard InChI is InChI=1S/C11H17NO2/c1-2-9-5-3-4-6-10(9)14-11(13)7-8-12/h9-10H,2-7H2,1H3. The van der Waals surface area contributed by atoms with E-state index in [0.717, 1.165) is 25.7 Å². The van der Waals surface area contributed by atoms with Crippen molar-refractivity contribution >= 4 is 5.97 Å². The van der Waals surface area contributed by atoms with E-state index in [-0.39, 0.29) is 18.5 Å². The highest BCUT2D eigenvalue weighted by Crippen LogP contribution is 2.29. The Morgan fingerprint density at radius 2 is 2.21 bits per heavy atom. The number of nitrogens with zero attached hydrogens (tertiary/aromatic N) is 1. The van der Waals surface area contributed by atoms with Crippen LogP contribution in [-0.2, 0) is 9.53 Å². The van der Waals surface area contributed by atoms with Crippen LogP contribution in [0.1, 0.15) is 45.4 Å². The van der Waals surface area contributed by atoms with Crippen LogP contribution in [-0.4, -0.2) is 12.1 Å². The van der Waals surface area contributed by atoms with Crippen LogP contribution in [0.2, 0.25) is 0 Å². The normalized spacial score (nSPS) is 26.6. The van der Waals surface area contributed by atoms with Gasteiger partial charge in [-0.25, -0.2) is 0 Å². The Bertz CT molecular complexity index is 232. The number of hydrogen-bond donors (Lipinski definition) is 0. The first kappa shape index (κ1) is 11.0. The van der Waals surface area contributed by atoms with Crippen molar-refractivity contribution in [3.8, 4) is 6.07 Å². The zero-order valence-electron chi connectivity index (χ0n) is 8.66. The van der Waals surface area contributed by atoms with E-state index in [4.69, 9.17) is 10.00 Å². The number of carbonyl (C=O) groups excluding carboxylic acids is 1. The molecule has 0 aromatic carbocycles. The predicted molar refractivity (Wildman–Crippen MR) is 52.4 cm³/mol. The lowest BCUT2D eigenvalue weighted by Gasteiger charge is -2.30. The van der Waals surface area contributed by atoms with Crippen LogP contribution in [0.3, 0.4) is 0 Å². The summed E-state index contributed by atoms with van der Waals surface area (Å²) in [5, 5.41) is 8.34. The van der Waals surface area contributed by atoms with E-state index in [1.54, 1.807) is 0 Å². The molecular weight excluding hydrogens is 178 g/mol. The first-order valence-corrected chi connectivity index (χ1v) is 5.34. The van der Waals surface area contributed by atoms with Gasteiger partial charge in [0.15, 0.2) is 0 Å². The summed E-state index contributed by atoms with van der Waals surface area (Å²) >= 11 is 0. The van der Waals surface area contributed by atoms with Crippen LogP contribution in [0.15, 0.2) is 0 Å². The van der Waals surface area contributed by atoms with Crippen LogP contribution >= 0.6 is 0 Å². The third kappa shape index (κ3) is 3.02. The minimum atomic E-state index is -0.363. The molecule has 2 unspecified atom stereocenters. The number of nitriles is 1. The predicted octanol–water partition coefficient (Wildman–Crippen LogP) is 2.41. The first-order chi connectivity index (χ1) is 6.77. The Hall–Kier alpha value is -1.04. The first-order valence-electron chi connectivity index (χ1n) is 5.34. The van der Waals surface area contributed by atoms with Crippen LogP contribution in [0, 0.1) is 17.2 Å². The molecule has 0 heterocycles. The van der Waals surface area contributed by atoms with E-state index in [9.17, 15) is 4.79 Å². The lowest BCUT2D eigenvalue weighted by molar-refractivity contribution is -0.152. The molecule has 1 saturated carbocycles. The maximum Gasteiger partial charge on any atom is 0.320 e. The molecule has 1 aliphatic rings. The topological polar surface area (TPSA) is 50.1 Å². The van der Waals surface area contributed by atoms with Gasteiger partial charge in [0.05, 0.1) is 6.07 Å². The Balaban J connectivity index is 2.40. The number of carbonyl (C=O) groups is 1. The van der Waals surface area contributed by atoms with Gasteiger partial charge in [-0.3, -0.25) is 4.79 Å². The molecule has 0 N–H and O–H groups in total. The molecule has 1 aliphatic carbocycles. The second kappa shape index (κ2) is 5.64. The van der Waals surface area contributed by atoms with Crippen LogP contribution in [0.4, 0.5) is 0 Å². The Morgan fingerprint density at radius 3 is 2.86 bits per heavy atom. The molecule has 0 amide bonds. The van der Waals surface area contributed by atoms with Gasteiger partial charge in [-0.2, -0.15) is 5.26 Å². The van der Waals surface area contributed by atoms with E-state index in [1.807, 2.05) is 6.07 Å². The highest BCUT2D eigenvalue weighted by atomic mass is 16.5. The van der Waals surface area contributed by atoms with Gasteiger partial charge < -0.3 is 4.74 Å². The van der Waals surface area contributed by atoms with Crippen molar-refractivity contribution in [1.82, 2.24) is 0 Å². The smallest absolute Gasteiger partial charge is 0.320 e. The maximum atomic E-state index is 11.1. The van der Waals surface area contributed by atoms with Crippen molar-refractivity contribution < 1.29 is 9.53 Å². The number of ether oxygens (including phenoxy) is 1. The van der Waals surface area contributed by atoms with Crippen molar-refractivity contribution in [2.45, 2.75) is 51.6 Å². The Kier molecular flexibility index (Phi) is 4.45. The molecular formula is C11H17NO2. The summed E-state index contributed by atoms with van der Waals surface area (Å²) in [5.41, 5.74) is 0. The van der Waals surface area contributed by atoms with Crippen LogP contribution in [0.25, 0.3) is 0 Å². The lowest BCUT2D eigenvalue weighted by atomic mass is 9.85. The van der Waals surface area contributed by atoms with Gasteiger partial charge in [-0.1, -0.05) is 13.3 Å². The second-order valence-corrected chi connectivity index (χ2v) is 3.82. The van der Waals surface area contributed by atoms with Crippen molar-refractivity contribution in [3.63, 3.8) is 0 Å². The van der Waals surface area contributed by atoms with E-state index < -0.39 is 0 Å². The molecule has 0 aliphatic heterocycles. The van der Waals surface area contributed by atoms with Crippen molar-refractivity contribution in [2.75, 3.05) is 0 Å². The molecule has 1 rings (SSSR count). The lowest BCUT2D eigenvalue weighted by Crippen LogP contribution is -2.29. The molecule has 0 aromatic heterocycles.